The van der Waals surface area contributed by atoms with Gasteiger partial charge in [0, 0.05) is 22.7 Å². The van der Waals surface area contributed by atoms with Crippen molar-refractivity contribution in [3.8, 4) is 0 Å². The molecule has 0 spiro atoms. The molecule has 0 aliphatic heterocycles. The van der Waals surface area contributed by atoms with Crippen molar-refractivity contribution in [1.29, 1.82) is 0 Å². The van der Waals surface area contributed by atoms with Crippen molar-refractivity contribution in [3.05, 3.63) is 58.7 Å². The summed E-state index contributed by atoms with van der Waals surface area (Å²) in [5, 5.41) is 0. The zero-order valence-corrected chi connectivity index (χ0v) is 16.9. The van der Waals surface area contributed by atoms with Gasteiger partial charge in [-0.1, -0.05) is 25.5 Å². The monoisotopic (exact) mass is 378 g/mol. The van der Waals surface area contributed by atoms with Gasteiger partial charge in [0.15, 0.2) is 0 Å². The Morgan fingerprint density at radius 2 is 1.40 bits per heavy atom. The number of nitrogens with zero attached hydrogens (tertiary/aromatic N) is 2. The van der Waals surface area contributed by atoms with Crippen LogP contribution in [0.1, 0.15) is 48.4 Å². The Morgan fingerprint density at radius 1 is 0.840 bits per heavy atom. The molecule has 3 heteroatoms. The first-order chi connectivity index (χ1) is 11.5. The minimum Gasteiger partial charge on any atom is -0.255 e. The van der Waals surface area contributed by atoms with E-state index in [0.717, 1.165) is 36.3 Å². The van der Waals surface area contributed by atoms with Crippen LogP contribution < -0.4 is 0 Å². The summed E-state index contributed by atoms with van der Waals surface area (Å²) >= 11 is 0. The van der Waals surface area contributed by atoms with Crippen LogP contribution in [0.2, 0.25) is 0 Å². The standard InChI is InChI=1S/C22H28N2.Ni/c1-6-7-8-22(24-21-12-10-17(3)19(5)14-21)15-23-20-11-9-16(2)18(4)13-20;/h9-15H,6-8H2,1-5H3;/b23-15+,24-22+;. The quantitative estimate of drug-likeness (QED) is 0.400. The van der Waals surface area contributed by atoms with Crippen molar-refractivity contribution in [2.24, 2.45) is 9.98 Å². The van der Waals surface area contributed by atoms with E-state index >= 15 is 0 Å². The maximum atomic E-state index is 4.82. The smallest absolute Gasteiger partial charge is 0.0636 e. The number of unbranched alkanes of at least 4 members (excludes halogenated alkanes) is 1. The molecule has 0 saturated heterocycles. The van der Waals surface area contributed by atoms with Crippen LogP contribution in [-0.4, -0.2) is 11.9 Å². The third kappa shape index (κ3) is 6.59. The average Bonchev–Trinajstić information content (AvgIpc) is 2.56. The van der Waals surface area contributed by atoms with E-state index in [1.165, 1.54) is 22.3 Å². The van der Waals surface area contributed by atoms with E-state index < -0.39 is 0 Å². The molecule has 2 aromatic rings. The Kier molecular flexibility index (Phi) is 8.79. The van der Waals surface area contributed by atoms with Gasteiger partial charge in [-0.3, -0.25) is 9.98 Å². The minimum absolute atomic E-state index is 0. The van der Waals surface area contributed by atoms with E-state index in [1.54, 1.807) is 0 Å². The van der Waals surface area contributed by atoms with Crippen LogP contribution in [0.5, 0.6) is 0 Å². The summed E-state index contributed by atoms with van der Waals surface area (Å²) in [5.41, 5.74) is 8.18. The van der Waals surface area contributed by atoms with E-state index in [9.17, 15) is 0 Å². The fourth-order valence-corrected chi connectivity index (χ4v) is 2.42. The number of rotatable bonds is 6. The van der Waals surface area contributed by atoms with Crippen molar-refractivity contribution >= 4 is 23.3 Å². The zero-order chi connectivity index (χ0) is 17.5. The van der Waals surface area contributed by atoms with Crippen LogP contribution >= 0.6 is 0 Å². The summed E-state index contributed by atoms with van der Waals surface area (Å²) in [6.07, 6.45) is 5.17. The van der Waals surface area contributed by atoms with Crippen LogP contribution in [0.25, 0.3) is 0 Å². The number of aryl methyl sites for hydroxylation is 4. The summed E-state index contributed by atoms with van der Waals surface area (Å²) in [4.78, 5) is 9.46. The second-order valence-electron chi connectivity index (χ2n) is 6.50. The van der Waals surface area contributed by atoms with Crippen LogP contribution in [0, 0.1) is 27.7 Å². The van der Waals surface area contributed by atoms with Gasteiger partial charge in [-0.2, -0.15) is 0 Å². The summed E-state index contributed by atoms with van der Waals surface area (Å²) in [5.74, 6) is 0. The molecule has 0 N–H and O–H groups in total. The molecular formula is C22H28N2Ni. The maximum absolute atomic E-state index is 4.82. The van der Waals surface area contributed by atoms with Crippen LogP contribution in [0.15, 0.2) is 46.4 Å². The molecule has 0 aliphatic carbocycles. The molecule has 0 radical (unpaired) electrons. The van der Waals surface area contributed by atoms with Gasteiger partial charge in [-0.05, 0) is 87.1 Å². The van der Waals surface area contributed by atoms with E-state index in [2.05, 4.69) is 76.0 Å². The zero-order valence-electron chi connectivity index (χ0n) is 15.9. The normalized spacial score (nSPS) is 11.6. The second kappa shape index (κ2) is 10.3. The van der Waals surface area contributed by atoms with E-state index in [1.807, 2.05) is 6.21 Å². The molecule has 0 atom stereocenters. The van der Waals surface area contributed by atoms with Gasteiger partial charge in [0.05, 0.1) is 17.1 Å². The number of aliphatic imine (C=N–C) groups is 2. The Hall–Kier alpha value is -1.73. The number of hydrogen-bond donors (Lipinski definition) is 0. The summed E-state index contributed by atoms with van der Waals surface area (Å²) < 4.78 is 0. The molecule has 2 aromatic carbocycles. The molecule has 0 fully saturated rings. The molecule has 25 heavy (non-hydrogen) atoms. The molecule has 0 bridgehead atoms. The molecular weight excluding hydrogens is 351 g/mol. The number of benzene rings is 2. The second-order valence-corrected chi connectivity index (χ2v) is 6.50. The molecule has 0 heterocycles. The van der Waals surface area contributed by atoms with Gasteiger partial charge < -0.3 is 0 Å². The predicted molar refractivity (Wildman–Crippen MR) is 107 cm³/mol. The minimum atomic E-state index is 0. The molecule has 0 aliphatic rings. The predicted octanol–water partition coefficient (Wildman–Crippen LogP) is 6.58. The average molecular weight is 379 g/mol. The number of hydrogen-bond acceptors (Lipinski definition) is 2. The largest absolute Gasteiger partial charge is 0.255 e. The first kappa shape index (κ1) is 21.3. The summed E-state index contributed by atoms with van der Waals surface area (Å²) in [6.45, 7) is 10.7. The Bertz CT molecular complexity index is 761. The van der Waals surface area contributed by atoms with Gasteiger partial charge in [-0.15, -0.1) is 0 Å². The van der Waals surface area contributed by atoms with Gasteiger partial charge in [0.25, 0.3) is 0 Å². The van der Waals surface area contributed by atoms with Gasteiger partial charge in [0.1, 0.15) is 0 Å². The van der Waals surface area contributed by atoms with E-state index in [0.29, 0.717) is 0 Å². The van der Waals surface area contributed by atoms with Crippen molar-refractivity contribution in [1.82, 2.24) is 0 Å². The Labute approximate surface area is 162 Å². The Morgan fingerprint density at radius 3 is 1.96 bits per heavy atom. The fourth-order valence-electron chi connectivity index (χ4n) is 2.42. The third-order valence-electron chi connectivity index (χ3n) is 4.40. The van der Waals surface area contributed by atoms with E-state index in [-0.39, 0.29) is 16.5 Å². The Balaban J connectivity index is 0.00000312. The van der Waals surface area contributed by atoms with Gasteiger partial charge >= 0.3 is 0 Å². The topological polar surface area (TPSA) is 24.7 Å². The summed E-state index contributed by atoms with van der Waals surface area (Å²) in [6, 6.07) is 12.7. The fraction of sp³-hybridized carbons (Fsp3) is 0.364. The SMILES string of the molecule is CCCCC(/C=N/c1ccc(C)c(C)c1)=N\c1ccc(C)c(C)c1.[Ni]. The molecule has 0 unspecified atom stereocenters. The van der Waals surface area contributed by atoms with Crippen molar-refractivity contribution < 1.29 is 16.5 Å². The molecule has 2 nitrogen and oxygen atoms in total. The van der Waals surface area contributed by atoms with Crippen LogP contribution in [-0.2, 0) is 16.5 Å². The molecule has 136 valence electrons. The molecule has 0 amide bonds. The molecule has 2 rings (SSSR count). The van der Waals surface area contributed by atoms with Crippen molar-refractivity contribution in [2.45, 2.75) is 53.9 Å². The first-order valence-corrected chi connectivity index (χ1v) is 8.75. The maximum Gasteiger partial charge on any atom is 0.0636 e. The van der Waals surface area contributed by atoms with Crippen LogP contribution in [0.3, 0.4) is 0 Å². The van der Waals surface area contributed by atoms with Crippen molar-refractivity contribution in [2.75, 3.05) is 0 Å². The van der Waals surface area contributed by atoms with Gasteiger partial charge in [0.2, 0.25) is 0 Å². The van der Waals surface area contributed by atoms with Crippen molar-refractivity contribution in [3.63, 3.8) is 0 Å². The van der Waals surface area contributed by atoms with Gasteiger partial charge in [-0.25, -0.2) is 0 Å². The molecule has 0 saturated carbocycles. The first-order valence-electron chi connectivity index (χ1n) is 8.75. The van der Waals surface area contributed by atoms with Crippen LogP contribution in [0.4, 0.5) is 11.4 Å². The third-order valence-corrected chi connectivity index (χ3v) is 4.40. The molecule has 0 aromatic heterocycles. The summed E-state index contributed by atoms with van der Waals surface area (Å²) in [7, 11) is 0. The van der Waals surface area contributed by atoms with E-state index in [4.69, 9.17) is 4.99 Å².